The number of nitrogens with one attached hydrogen (secondary N) is 1. The number of pyridine rings is 1. The summed E-state index contributed by atoms with van der Waals surface area (Å²) in [5.41, 5.74) is 2.96. The van der Waals surface area contributed by atoms with Crippen molar-refractivity contribution in [2.24, 2.45) is 5.92 Å². The first kappa shape index (κ1) is 17.4. The number of sulfonamides is 1. The Bertz CT molecular complexity index is 888. The van der Waals surface area contributed by atoms with Crippen molar-refractivity contribution in [2.45, 2.75) is 32.1 Å². The molecule has 2 aromatic rings. The van der Waals surface area contributed by atoms with Crippen LogP contribution in [0.1, 0.15) is 36.9 Å². The van der Waals surface area contributed by atoms with E-state index in [0.717, 1.165) is 29.8 Å². The summed E-state index contributed by atoms with van der Waals surface area (Å²) in [4.78, 5) is 13.2. The maximum Gasteiger partial charge on any atom is 0.227 e. The molecule has 26 heavy (non-hydrogen) atoms. The minimum absolute atomic E-state index is 0.166. The van der Waals surface area contributed by atoms with E-state index < -0.39 is 10.0 Å². The third-order valence-corrected chi connectivity index (χ3v) is 7.10. The van der Waals surface area contributed by atoms with Gasteiger partial charge in [-0.2, -0.15) is 0 Å². The minimum Gasteiger partial charge on any atom is -0.323 e. The number of anilines is 2. The van der Waals surface area contributed by atoms with Gasteiger partial charge in [-0.05, 0) is 36.5 Å². The van der Waals surface area contributed by atoms with Gasteiger partial charge in [0.2, 0.25) is 16.0 Å². The molecule has 0 saturated carbocycles. The van der Waals surface area contributed by atoms with Gasteiger partial charge in [-0.3, -0.25) is 4.98 Å². The number of aromatic nitrogens is 3. The van der Waals surface area contributed by atoms with E-state index in [0.29, 0.717) is 31.4 Å². The molecule has 0 aromatic carbocycles. The summed E-state index contributed by atoms with van der Waals surface area (Å²) in [5.74, 6) is 1.25. The Kier molecular flexibility index (Phi) is 4.62. The SMILES string of the molecule is CCCCS(=O)(=O)N1CC2Cc3cnc(Nc4cccnc4)nc3C2C1. The zero-order chi connectivity index (χ0) is 18.1. The molecule has 0 spiro atoms. The molecule has 0 amide bonds. The predicted molar refractivity (Wildman–Crippen MR) is 99.8 cm³/mol. The maximum absolute atomic E-state index is 12.5. The molecule has 1 aliphatic carbocycles. The second kappa shape index (κ2) is 6.92. The molecule has 2 aromatic heterocycles. The first-order chi connectivity index (χ1) is 12.6. The molecule has 8 heteroatoms. The van der Waals surface area contributed by atoms with E-state index in [-0.39, 0.29) is 11.7 Å². The van der Waals surface area contributed by atoms with E-state index in [1.165, 1.54) is 0 Å². The van der Waals surface area contributed by atoms with Gasteiger partial charge < -0.3 is 5.32 Å². The van der Waals surface area contributed by atoms with Crippen LogP contribution in [0.5, 0.6) is 0 Å². The molecule has 7 nitrogen and oxygen atoms in total. The summed E-state index contributed by atoms with van der Waals surface area (Å²) in [6.07, 6.45) is 7.76. The van der Waals surface area contributed by atoms with Crippen LogP contribution in [0.15, 0.2) is 30.7 Å². The fourth-order valence-electron chi connectivity index (χ4n) is 3.84. The lowest BCUT2D eigenvalue weighted by Gasteiger charge is -2.17. The molecule has 0 radical (unpaired) electrons. The van der Waals surface area contributed by atoms with Gasteiger partial charge in [0.05, 0.1) is 23.3 Å². The Balaban J connectivity index is 1.52. The number of fused-ring (bicyclic) bond motifs is 3. The molecule has 1 saturated heterocycles. The highest BCUT2D eigenvalue weighted by molar-refractivity contribution is 7.89. The fraction of sp³-hybridized carbons (Fsp3) is 0.500. The molecule has 1 fully saturated rings. The molecule has 0 bridgehead atoms. The van der Waals surface area contributed by atoms with Gasteiger partial charge in [-0.25, -0.2) is 22.7 Å². The molecule has 1 aliphatic heterocycles. The van der Waals surface area contributed by atoms with Crippen LogP contribution in [-0.2, 0) is 16.4 Å². The third kappa shape index (κ3) is 3.31. The fourth-order valence-corrected chi connectivity index (χ4v) is 5.56. The number of hydrogen-bond donors (Lipinski definition) is 1. The van der Waals surface area contributed by atoms with E-state index in [4.69, 9.17) is 4.98 Å². The number of unbranched alkanes of at least 4 members (excludes halogenated alkanes) is 1. The molecule has 3 heterocycles. The third-order valence-electron chi connectivity index (χ3n) is 5.21. The second-order valence-electron chi connectivity index (χ2n) is 7.03. The Hall–Kier alpha value is -2.06. The number of rotatable bonds is 6. The molecule has 2 atom stereocenters. The zero-order valence-electron chi connectivity index (χ0n) is 14.8. The van der Waals surface area contributed by atoms with Crippen LogP contribution < -0.4 is 5.32 Å². The Morgan fingerprint density at radius 3 is 2.96 bits per heavy atom. The second-order valence-corrected chi connectivity index (χ2v) is 9.12. The summed E-state index contributed by atoms with van der Waals surface area (Å²) in [7, 11) is -3.16. The highest BCUT2D eigenvalue weighted by atomic mass is 32.2. The molecule has 138 valence electrons. The van der Waals surface area contributed by atoms with Gasteiger partial charge in [-0.1, -0.05) is 13.3 Å². The smallest absolute Gasteiger partial charge is 0.227 e. The van der Waals surface area contributed by atoms with Crippen molar-refractivity contribution < 1.29 is 8.42 Å². The molecular weight excluding hydrogens is 350 g/mol. The number of nitrogens with zero attached hydrogens (tertiary/aromatic N) is 4. The van der Waals surface area contributed by atoms with Crippen LogP contribution in [0.4, 0.5) is 11.6 Å². The van der Waals surface area contributed by atoms with E-state index in [2.05, 4.69) is 15.3 Å². The minimum atomic E-state index is -3.16. The summed E-state index contributed by atoms with van der Waals surface area (Å²) in [6, 6.07) is 3.76. The van der Waals surface area contributed by atoms with Crippen LogP contribution in [0.2, 0.25) is 0 Å². The van der Waals surface area contributed by atoms with Crippen LogP contribution in [-0.4, -0.2) is 46.5 Å². The van der Waals surface area contributed by atoms with Gasteiger partial charge >= 0.3 is 0 Å². The van der Waals surface area contributed by atoms with Crippen LogP contribution >= 0.6 is 0 Å². The lowest BCUT2D eigenvalue weighted by Crippen LogP contribution is -2.31. The van der Waals surface area contributed by atoms with Crippen LogP contribution in [0.25, 0.3) is 0 Å². The normalized spacial score (nSPS) is 22.2. The van der Waals surface area contributed by atoms with Crippen molar-refractivity contribution in [3.63, 3.8) is 0 Å². The molecule has 4 rings (SSSR count). The van der Waals surface area contributed by atoms with E-state index in [9.17, 15) is 8.42 Å². The van der Waals surface area contributed by atoms with E-state index in [1.54, 1.807) is 16.7 Å². The Morgan fingerprint density at radius 2 is 2.19 bits per heavy atom. The van der Waals surface area contributed by atoms with Crippen LogP contribution in [0.3, 0.4) is 0 Å². The van der Waals surface area contributed by atoms with Crippen LogP contribution in [0, 0.1) is 5.92 Å². The Labute approximate surface area is 153 Å². The lowest BCUT2D eigenvalue weighted by atomic mass is 9.99. The van der Waals surface area contributed by atoms with Crippen molar-refractivity contribution in [1.29, 1.82) is 0 Å². The Morgan fingerprint density at radius 1 is 1.31 bits per heavy atom. The molecule has 2 unspecified atom stereocenters. The topological polar surface area (TPSA) is 88.1 Å². The van der Waals surface area contributed by atoms with Gasteiger partial charge in [0, 0.05) is 31.4 Å². The van der Waals surface area contributed by atoms with E-state index in [1.807, 2.05) is 25.3 Å². The zero-order valence-corrected chi connectivity index (χ0v) is 15.6. The first-order valence-corrected chi connectivity index (χ1v) is 10.7. The summed E-state index contributed by atoms with van der Waals surface area (Å²) in [5, 5.41) is 3.17. The predicted octanol–water partition coefficient (Wildman–Crippen LogP) is 2.32. The van der Waals surface area contributed by atoms with Gasteiger partial charge in [-0.15, -0.1) is 0 Å². The van der Waals surface area contributed by atoms with Crippen molar-refractivity contribution in [1.82, 2.24) is 19.3 Å². The van der Waals surface area contributed by atoms with Gasteiger partial charge in [0.15, 0.2) is 0 Å². The maximum atomic E-state index is 12.5. The van der Waals surface area contributed by atoms with E-state index >= 15 is 0 Å². The summed E-state index contributed by atoms with van der Waals surface area (Å²) < 4.78 is 26.7. The average molecular weight is 373 g/mol. The van der Waals surface area contributed by atoms with Crippen molar-refractivity contribution in [3.05, 3.63) is 42.0 Å². The standard InChI is InChI=1S/C18H23N5O2S/c1-2-3-7-26(24,25)23-11-14-8-13-9-20-18(22-17(13)16(14)12-23)21-15-5-4-6-19-10-15/h4-6,9-10,14,16H,2-3,7-8,11-12H2,1H3,(H,20,21,22). The largest absolute Gasteiger partial charge is 0.323 e. The molecule has 1 N–H and O–H groups in total. The number of hydrogen-bond acceptors (Lipinski definition) is 6. The van der Waals surface area contributed by atoms with Gasteiger partial charge in [0.25, 0.3) is 0 Å². The monoisotopic (exact) mass is 373 g/mol. The van der Waals surface area contributed by atoms with Crippen molar-refractivity contribution in [3.8, 4) is 0 Å². The van der Waals surface area contributed by atoms with Crippen molar-refractivity contribution in [2.75, 3.05) is 24.2 Å². The first-order valence-electron chi connectivity index (χ1n) is 9.07. The molecular formula is C18H23N5O2S. The molecule has 2 aliphatic rings. The lowest BCUT2D eigenvalue weighted by molar-refractivity contribution is 0.455. The summed E-state index contributed by atoms with van der Waals surface area (Å²) >= 11 is 0. The summed E-state index contributed by atoms with van der Waals surface area (Å²) in [6.45, 7) is 3.14. The quantitative estimate of drug-likeness (QED) is 0.836. The van der Waals surface area contributed by atoms with Gasteiger partial charge in [0.1, 0.15) is 0 Å². The highest BCUT2D eigenvalue weighted by Crippen LogP contribution is 2.43. The van der Waals surface area contributed by atoms with Crippen molar-refractivity contribution >= 4 is 21.7 Å². The highest BCUT2D eigenvalue weighted by Gasteiger charge is 2.44. The average Bonchev–Trinajstić information content (AvgIpc) is 3.20.